The number of halogens is 1. The van der Waals surface area contributed by atoms with E-state index in [4.69, 9.17) is 11.6 Å². The molecule has 0 saturated carbocycles. The maximum atomic E-state index is 5.88. The lowest BCUT2D eigenvalue weighted by atomic mass is 10.1. The van der Waals surface area contributed by atoms with E-state index in [-0.39, 0.29) is 0 Å². The van der Waals surface area contributed by atoms with Crippen LogP contribution in [0.4, 0.5) is 5.82 Å². The molecule has 3 aromatic rings. The van der Waals surface area contributed by atoms with Crippen molar-refractivity contribution in [2.24, 2.45) is 5.10 Å². The van der Waals surface area contributed by atoms with Gasteiger partial charge in [0.15, 0.2) is 5.82 Å². The monoisotopic (exact) mass is 322 g/mol. The fraction of sp³-hybridized carbons (Fsp3) is 0.0556. The average Bonchev–Trinajstić information content (AvgIpc) is 2.61. The summed E-state index contributed by atoms with van der Waals surface area (Å²) in [5.74, 6) is 0.595. The lowest BCUT2D eigenvalue weighted by molar-refractivity contribution is 1.03. The summed E-state index contributed by atoms with van der Waals surface area (Å²) in [7, 11) is 0. The van der Waals surface area contributed by atoms with Gasteiger partial charge in [0.1, 0.15) is 0 Å². The molecule has 0 bridgehead atoms. The zero-order valence-electron chi connectivity index (χ0n) is 12.6. The number of aromatic nitrogens is 2. The molecule has 23 heavy (non-hydrogen) atoms. The number of benzene rings is 2. The van der Waals surface area contributed by atoms with E-state index in [2.05, 4.69) is 20.7 Å². The molecule has 0 radical (unpaired) electrons. The summed E-state index contributed by atoms with van der Waals surface area (Å²) in [6.45, 7) is 1.92. The minimum Gasteiger partial charge on any atom is -0.260 e. The second kappa shape index (κ2) is 7.03. The van der Waals surface area contributed by atoms with Crippen LogP contribution in [0.2, 0.25) is 5.02 Å². The van der Waals surface area contributed by atoms with Crippen LogP contribution in [0.3, 0.4) is 0 Å². The van der Waals surface area contributed by atoms with Crippen molar-refractivity contribution in [3.05, 3.63) is 77.3 Å². The summed E-state index contributed by atoms with van der Waals surface area (Å²) in [5, 5.41) is 13.4. The molecule has 0 saturated heterocycles. The van der Waals surface area contributed by atoms with Gasteiger partial charge in [-0.25, -0.2) is 0 Å². The molecular formula is C18H15ClN4. The van der Waals surface area contributed by atoms with Crippen molar-refractivity contribution < 1.29 is 0 Å². The molecule has 0 aliphatic carbocycles. The Hall–Kier alpha value is -2.72. The van der Waals surface area contributed by atoms with E-state index >= 15 is 0 Å². The molecule has 0 atom stereocenters. The van der Waals surface area contributed by atoms with Gasteiger partial charge in [-0.1, -0.05) is 54.1 Å². The highest BCUT2D eigenvalue weighted by atomic mass is 35.5. The second-order valence-corrected chi connectivity index (χ2v) is 5.42. The van der Waals surface area contributed by atoms with E-state index in [0.717, 1.165) is 22.5 Å². The number of nitrogens with one attached hydrogen (secondary N) is 1. The van der Waals surface area contributed by atoms with E-state index in [1.807, 2.05) is 73.7 Å². The van der Waals surface area contributed by atoms with Crippen LogP contribution in [0.15, 0.2) is 71.8 Å². The van der Waals surface area contributed by atoms with Gasteiger partial charge in [-0.05, 0) is 36.8 Å². The van der Waals surface area contributed by atoms with Crippen molar-refractivity contribution in [2.75, 3.05) is 5.43 Å². The van der Waals surface area contributed by atoms with Gasteiger partial charge in [0, 0.05) is 10.6 Å². The highest BCUT2D eigenvalue weighted by Gasteiger charge is 2.01. The van der Waals surface area contributed by atoms with E-state index < -0.39 is 0 Å². The number of nitrogens with zero attached hydrogens (tertiary/aromatic N) is 3. The molecule has 2 aromatic carbocycles. The molecule has 1 heterocycles. The minimum absolute atomic E-state index is 0.595. The van der Waals surface area contributed by atoms with Crippen LogP contribution >= 0.6 is 11.6 Å². The Balaban J connectivity index is 1.71. The molecule has 4 nitrogen and oxygen atoms in total. The largest absolute Gasteiger partial charge is 0.260 e. The third-order valence-corrected chi connectivity index (χ3v) is 3.59. The van der Waals surface area contributed by atoms with E-state index in [1.165, 1.54) is 0 Å². The first kappa shape index (κ1) is 15.2. The van der Waals surface area contributed by atoms with Gasteiger partial charge >= 0.3 is 0 Å². The molecule has 0 aliphatic heterocycles. The van der Waals surface area contributed by atoms with E-state index in [0.29, 0.717) is 10.8 Å². The van der Waals surface area contributed by atoms with Crippen molar-refractivity contribution in [1.29, 1.82) is 0 Å². The highest BCUT2D eigenvalue weighted by molar-refractivity contribution is 6.30. The first-order valence-corrected chi connectivity index (χ1v) is 7.55. The van der Waals surface area contributed by atoms with Gasteiger partial charge in [0.2, 0.25) is 0 Å². The molecule has 1 aromatic heterocycles. The molecule has 3 rings (SSSR count). The Kier molecular flexibility index (Phi) is 4.64. The molecule has 0 amide bonds. The molecular weight excluding hydrogens is 308 g/mol. The first-order chi connectivity index (χ1) is 11.2. The van der Waals surface area contributed by atoms with Gasteiger partial charge in [0.25, 0.3) is 0 Å². The topological polar surface area (TPSA) is 50.2 Å². The van der Waals surface area contributed by atoms with Gasteiger partial charge in [0.05, 0.1) is 11.4 Å². The molecule has 0 unspecified atom stereocenters. The predicted molar refractivity (Wildman–Crippen MR) is 94.8 cm³/mol. The molecule has 0 fully saturated rings. The van der Waals surface area contributed by atoms with E-state index in [9.17, 15) is 0 Å². The standard InChI is InChI=1S/C18H15ClN4/c1-13(14-7-9-16(19)10-8-14)20-22-18-12-11-17(21-23-18)15-5-3-2-4-6-15/h2-12H,1H3,(H,22,23)/b20-13+. The van der Waals surface area contributed by atoms with Crippen molar-refractivity contribution in [1.82, 2.24) is 10.2 Å². The number of rotatable bonds is 4. The van der Waals surface area contributed by atoms with Crippen LogP contribution in [-0.4, -0.2) is 15.9 Å². The number of hydrazone groups is 1. The zero-order valence-corrected chi connectivity index (χ0v) is 13.3. The van der Waals surface area contributed by atoms with Crippen LogP contribution in [0.25, 0.3) is 11.3 Å². The zero-order chi connectivity index (χ0) is 16.1. The molecule has 0 aliphatic rings. The number of hydrogen-bond donors (Lipinski definition) is 1. The fourth-order valence-electron chi connectivity index (χ4n) is 2.05. The van der Waals surface area contributed by atoms with Gasteiger partial charge < -0.3 is 0 Å². The quantitative estimate of drug-likeness (QED) is 0.562. The summed E-state index contributed by atoms with van der Waals surface area (Å²) in [6.07, 6.45) is 0. The average molecular weight is 323 g/mol. The van der Waals surface area contributed by atoms with Gasteiger partial charge in [-0.2, -0.15) is 5.10 Å². The molecule has 114 valence electrons. The SMILES string of the molecule is C/C(=N\Nc1ccc(-c2ccccc2)nn1)c1ccc(Cl)cc1. The van der Waals surface area contributed by atoms with Crippen molar-refractivity contribution >= 4 is 23.1 Å². The summed E-state index contributed by atoms with van der Waals surface area (Å²) in [6, 6.07) is 21.2. The summed E-state index contributed by atoms with van der Waals surface area (Å²) >= 11 is 5.88. The molecule has 5 heteroatoms. The second-order valence-electron chi connectivity index (χ2n) is 4.99. The molecule has 1 N–H and O–H groups in total. The Bertz CT molecular complexity index is 797. The summed E-state index contributed by atoms with van der Waals surface area (Å²) in [4.78, 5) is 0. The van der Waals surface area contributed by atoms with E-state index in [1.54, 1.807) is 0 Å². The summed E-state index contributed by atoms with van der Waals surface area (Å²) < 4.78 is 0. The lowest BCUT2D eigenvalue weighted by Gasteiger charge is -2.04. The van der Waals surface area contributed by atoms with Crippen molar-refractivity contribution in [3.63, 3.8) is 0 Å². The Morgan fingerprint density at radius 2 is 1.65 bits per heavy atom. The Labute approximate surface area is 139 Å². The Morgan fingerprint density at radius 1 is 0.913 bits per heavy atom. The predicted octanol–water partition coefficient (Wildman–Crippen LogP) is 4.63. The van der Waals surface area contributed by atoms with Gasteiger partial charge in [-0.3, -0.25) is 5.43 Å². The smallest absolute Gasteiger partial charge is 0.168 e. The third-order valence-electron chi connectivity index (χ3n) is 3.33. The first-order valence-electron chi connectivity index (χ1n) is 7.18. The van der Waals surface area contributed by atoms with Crippen molar-refractivity contribution in [2.45, 2.75) is 6.92 Å². The number of hydrogen-bond acceptors (Lipinski definition) is 4. The van der Waals surface area contributed by atoms with Crippen molar-refractivity contribution in [3.8, 4) is 11.3 Å². The lowest BCUT2D eigenvalue weighted by Crippen LogP contribution is -2.01. The maximum Gasteiger partial charge on any atom is 0.168 e. The highest BCUT2D eigenvalue weighted by Crippen LogP contribution is 2.16. The minimum atomic E-state index is 0.595. The molecule has 0 spiro atoms. The van der Waals surface area contributed by atoms with Crippen LogP contribution in [0.5, 0.6) is 0 Å². The van der Waals surface area contributed by atoms with Crippen LogP contribution in [0.1, 0.15) is 12.5 Å². The van der Waals surface area contributed by atoms with Crippen LogP contribution in [-0.2, 0) is 0 Å². The normalized spacial score (nSPS) is 11.3. The van der Waals surface area contributed by atoms with Crippen LogP contribution < -0.4 is 5.43 Å². The fourth-order valence-corrected chi connectivity index (χ4v) is 2.18. The van der Waals surface area contributed by atoms with Gasteiger partial charge in [-0.15, -0.1) is 10.2 Å². The maximum absolute atomic E-state index is 5.88. The Morgan fingerprint density at radius 3 is 2.30 bits per heavy atom. The number of anilines is 1. The third kappa shape index (κ3) is 3.93. The van der Waals surface area contributed by atoms with Crippen LogP contribution in [0, 0.1) is 0 Å². The summed E-state index contributed by atoms with van der Waals surface area (Å²) in [5.41, 5.74) is 6.62.